The van der Waals surface area contributed by atoms with Crippen molar-refractivity contribution < 1.29 is 9.31 Å². The molecular weight excluding hydrogens is 237 g/mol. The fraction of sp³-hybridized carbons (Fsp3) is 0.667. The van der Waals surface area contributed by atoms with E-state index in [2.05, 4.69) is 52.6 Å². The zero-order valence-electron chi connectivity index (χ0n) is 12.9. The normalized spacial score (nSPS) is 21.1. The second-order valence-electron chi connectivity index (χ2n) is 6.78. The molecule has 104 valence electrons. The third-order valence-electron chi connectivity index (χ3n) is 3.99. The topological polar surface area (TPSA) is 31.4 Å². The molecule has 0 spiro atoms. The van der Waals surface area contributed by atoms with Gasteiger partial charge < -0.3 is 9.31 Å². The van der Waals surface area contributed by atoms with Crippen molar-refractivity contribution in [3.05, 3.63) is 23.9 Å². The van der Waals surface area contributed by atoms with Crippen molar-refractivity contribution in [1.29, 1.82) is 0 Å². The molecule has 1 aromatic rings. The van der Waals surface area contributed by atoms with E-state index >= 15 is 0 Å². The smallest absolute Gasteiger partial charge is 0.398 e. The zero-order chi connectivity index (χ0) is 14.3. The van der Waals surface area contributed by atoms with Gasteiger partial charge in [-0.1, -0.05) is 19.9 Å². The van der Waals surface area contributed by atoms with Crippen LogP contribution in [0.4, 0.5) is 0 Å². The van der Waals surface area contributed by atoms with Gasteiger partial charge in [-0.15, -0.1) is 0 Å². The lowest BCUT2D eigenvalue weighted by atomic mass is 9.84. The molecule has 19 heavy (non-hydrogen) atoms. The van der Waals surface area contributed by atoms with Crippen molar-refractivity contribution in [2.24, 2.45) is 5.92 Å². The molecule has 3 nitrogen and oxygen atoms in total. The van der Waals surface area contributed by atoms with Crippen LogP contribution in [0.5, 0.6) is 0 Å². The molecule has 1 aromatic heterocycles. The Hall–Kier alpha value is -0.865. The summed E-state index contributed by atoms with van der Waals surface area (Å²) >= 11 is 0. The van der Waals surface area contributed by atoms with Gasteiger partial charge in [0.15, 0.2) is 0 Å². The molecule has 1 saturated heterocycles. The van der Waals surface area contributed by atoms with Gasteiger partial charge in [0.25, 0.3) is 0 Å². The number of hydrogen-bond donors (Lipinski definition) is 0. The van der Waals surface area contributed by atoms with Crippen molar-refractivity contribution in [1.82, 2.24) is 4.98 Å². The summed E-state index contributed by atoms with van der Waals surface area (Å²) in [5, 5.41) is 0. The van der Waals surface area contributed by atoms with Gasteiger partial charge in [-0.25, -0.2) is 0 Å². The number of aromatic nitrogens is 1. The molecule has 0 bridgehead atoms. The molecule has 0 aliphatic carbocycles. The summed E-state index contributed by atoms with van der Waals surface area (Å²) in [5.74, 6) is 0.643. The summed E-state index contributed by atoms with van der Waals surface area (Å²) in [5.41, 5.74) is 1.49. The van der Waals surface area contributed by atoms with Gasteiger partial charge in [0.1, 0.15) is 0 Å². The van der Waals surface area contributed by atoms with Gasteiger partial charge >= 0.3 is 7.12 Å². The fourth-order valence-electron chi connectivity index (χ4n) is 2.13. The summed E-state index contributed by atoms with van der Waals surface area (Å²) in [7, 11) is -0.363. The lowest BCUT2D eigenvalue weighted by Crippen LogP contribution is -2.41. The van der Waals surface area contributed by atoms with Crippen LogP contribution in [0, 0.1) is 5.92 Å². The van der Waals surface area contributed by atoms with Crippen LogP contribution in [0.2, 0.25) is 0 Å². The number of rotatable bonds is 3. The molecule has 0 saturated carbocycles. The Labute approximate surface area is 116 Å². The highest BCUT2D eigenvalue weighted by atomic mass is 16.7. The van der Waals surface area contributed by atoms with Crippen LogP contribution in [0.15, 0.2) is 18.3 Å². The van der Waals surface area contributed by atoms with E-state index in [1.165, 1.54) is 5.56 Å². The molecule has 1 aliphatic heterocycles. The zero-order valence-corrected chi connectivity index (χ0v) is 12.9. The number of pyridine rings is 1. The Bertz CT molecular complexity index is 424. The van der Waals surface area contributed by atoms with Crippen LogP contribution >= 0.6 is 0 Å². The molecule has 0 amide bonds. The lowest BCUT2D eigenvalue weighted by molar-refractivity contribution is 0.00578. The highest BCUT2D eigenvalue weighted by molar-refractivity contribution is 6.61. The number of nitrogens with zero attached hydrogens (tertiary/aromatic N) is 1. The Kier molecular flexibility index (Phi) is 3.76. The molecule has 1 aliphatic rings. The quantitative estimate of drug-likeness (QED) is 0.784. The number of hydrogen-bond acceptors (Lipinski definition) is 3. The highest BCUT2D eigenvalue weighted by Crippen LogP contribution is 2.36. The third-order valence-corrected chi connectivity index (χ3v) is 3.99. The average molecular weight is 261 g/mol. The average Bonchev–Trinajstić information content (AvgIpc) is 2.48. The van der Waals surface area contributed by atoms with Crippen LogP contribution in [0.3, 0.4) is 0 Å². The summed E-state index contributed by atoms with van der Waals surface area (Å²) in [6, 6.07) is 4.13. The molecular formula is C15H24BNO2. The van der Waals surface area contributed by atoms with E-state index in [1.54, 1.807) is 0 Å². The molecule has 0 aromatic carbocycles. The van der Waals surface area contributed by atoms with Gasteiger partial charge in [-0.05, 0) is 51.7 Å². The first-order chi connectivity index (χ1) is 8.71. The standard InChI is InChI=1S/C15H24BNO2/c1-11(2)9-12-7-8-13(17-10-12)16-18-14(3,4)15(5,6)19-16/h7-8,10-11H,9H2,1-6H3. The summed E-state index contributed by atoms with van der Waals surface area (Å²) in [6.45, 7) is 12.6. The van der Waals surface area contributed by atoms with Crippen LogP contribution in [-0.2, 0) is 15.7 Å². The molecule has 0 unspecified atom stereocenters. The SMILES string of the molecule is CC(C)Cc1ccc(B2OC(C)(C)C(C)(C)O2)nc1. The maximum Gasteiger partial charge on any atom is 0.514 e. The summed E-state index contributed by atoms with van der Waals surface area (Å²) in [6.07, 6.45) is 2.98. The highest BCUT2D eigenvalue weighted by Gasteiger charge is 2.52. The molecule has 2 heterocycles. The van der Waals surface area contributed by atoms with E-state index in [4.69, 9.17) is 9.31 Å². The van der Waals surface area contributed by atoms with Crippen molar-refractivity contribution in [2.75, 3.05) is 0 Å². The molecule has 0 atom stereocenters. The summed E-state index contributed by atoms with van der Waals surface area (Å²) in [4.78, 5) is 4.49. The van der Waals surface area contributed by atoms with Crippen molar-refractivity contribution in [2.45, 2.75) is 59.2 Å². The van der Waals surface area contributed by atoms with E-state index in [1.807, 2.05) is 12.3 Å². The predicted molar refractivity (Wildman–Crippen MR) is 78.5 cm³/mol. The van der Waals surface area contributed by atoms with E-state index in [-0.39, 0.29) is 18.3 Å². The first kappa shape index (κ1) is 14.5. The minimum Gasteiger partial charge on any atom is -0.398 e. The Morgan fingerprint density at radius 1 is 1.11 bits per heavy atom. The van der Waals surface area contributed by atoms with E-state index < -0.39 is 0 Å². The molecule has 4 heteroatoms. The maximum absolute atomic E-state index is 5.99. The summed E-state index contributed by atoms with van der Waals surface area (Å²) < 4.78 is 12.0. The van der Waals surface area contributed by atoms with Crippen LogP contribution < -0.4 is 5.59 Å². The van der Waals surface area contributed by atoms with E-state index in [9.17, 15) is 0 Å². The first-order valence-corrected chi connectivity index (χ1v) is 7.02. The van der Waals surface area contributed by atoms with Gasteiger partial charge in [0.2, 0.25) is 0 Å². The van der Waals surface area contributed by atoms with E-state index in [0.29, 0.717) is 5.92 Å². The molecule has 2 rings (SSSR count). The maximum atomic E-state index is 5.99. The van der Waals surface area contributed by atoms with Crippen LogP contribution in [0.1, 0.15) is 47.1 Å². The fourth-order valence-corrected chi connectivity index (χ4v) is 2.13. The first-order valence-electron chi connectivity index (χ1n) is 7.02. The van der Waals surface area contributed by atoms with Crippen molar-refractivity contribution in [3.8, 4) is 0 Å². The van der Waals surface area contributed by atoms with E-state index in [0.717, 1.165) is 12.0 Å². The Balaban J connectivity index is 2.12. The Morgan fingerprint density at radius 2 is 1.68 bits per heavy atom. The third kappa shape index (κ3) is 3.01. The minimum absolute atomic E-state index is 0.310. The Morgan fingerprint density at radius 3 is 2.11 bits per heavy atom. The largest absolute Gasteiger partial charge is 0.514 e. The predicted octanol–water partition coefficient (Wildman–Crippen LogP) is 2.58. The monoisotopic (exact) mass is 261 g/mol. The van der Waals surface area contributed by atoms with Crippen LogP contribution in [-0.4, -0.2) is 23.3 Å². The van der Waals surface area contributed by atoms with Gasteiger partial charge in [-0.3, -0.25) is 4.98 Å². The molecule has 1 fully saturated rings. The van der Waals surface area contributed by atoms with Gasteiger partial charge in [-0.2, -0.15) is 0 Å². The van der Waals surface area contributed by atoms with Gasteiger partial charge in [0, 0.05) is 6.20 Å². The van der Waals surface area contributed by atoms with Gasteiger partial charge in [0.05, 0.1) is 16.8 Å². The molecule has 0 N–H and O–H groups in total. The van der Waals surface area contributed by atoms with Crippen molar-refractivity contribution in [3.63, 3.8) is 0 Å². The van der Waals surface area contributed by atoms with Crippen molar-refractivity contribution >= 4 is 12.7 Å². The lowest BCUT2D eigenvalue weighted by Gasteiger charge is -2.32. The second-order valence-corrected chi connectivity index (χ2v) is 6.78. The minimum atomic E-state index is -0.363. The second kappa shape index (κ2) is 4.91. The van der Waals surface area contributed by atoms with Crippen LogP contribution in [0.25, 0.3) is 0 Å². The molecule has 0 radical (unpaired) electrons.